The van der Waals surface area contributed by atoms with E-state index >= 15 is 0 Å². The van der Waals surface area contributed by atoms with Crippen LogP contribution in [0, 0.1) is 5.82 Å². The van der Waals surface area contributed by atoms with Crippen LogP contribution >= 0.6 is 22.9 Å². The van der Waals surface area contributed by atoms with Crippen molar-refractivity contribution >= 4 is 40.2 Å². The molecule has 27 heavy (non-hydrogen) atoms. The molecule has 1 N–H and O–H groups in total. The Morgan fingerprint density at radius 2 is 2.04 bits per heavy atom. The van der Waals surface area contributed by atoms with Gasteiger partial charge in [-0.1, -0.05) is 11.6 Å². The standard InChI is InChI=1S/C19H17ClFN3O2S/c1-24-14(10-18(25)22-13-4-6-15(26-2)7-5-13)11-27-19(24)23-17-8-3-12(20)9-16(17)21/h3-9,11H,10H2,1-2H3,(H,22,25). The van der Waals surface area contributed by atoms with Gasteiger partial charge in [-0.3, -0.25) is 4.79 Å². The summed E-state index contributed by atoms with van der Waals surface area (Å²) in [7, 11) is 3.38. The largest absolute Gasteiger partial charge is 0.497 e. The van der Waals surface area contributed by atoms with Gasteiger partial charge >= 0.3 is 0 Å². The molecule has 0 bridgehead atoms. The predicted molar refractivity (Wildman–Crippen MR) is 105 cm³/mol. The molecule has 0 unspecified atom stereocenters. The van der Waals surface area contributed by atoms with E-state index in [0.29, 0.717) is 15.5 Å². The number of benzene rings is 2. The molecule has 0 fully saturated rings. The Labute approximate surface area is 164 Å². The number of methoxy groups -OCH3 is 1. The molecular formula is C19H17ClFN3O2S. The zero-order chi connectivity index (χ0) is 19.4. The maximum Gasteiger partial charge on any atom is 0.230 e. The highest BCUT2D eigenvalue weighted by atomic mass is 35.5. The van der Waals surface area contributed by atoms with Crippen LogP contribution in [0.25, 0.3) is 0 Å². The van der Waals surface area contributed by atoms with Gasteiger partial charge in [0, 0.05) is 28.8 Å². The first-order chi connectivity index (χ1) is 13.0. The summed E-state index contributed by atoms with van der Waals surface area (Å²) >= 11 is 7.10. The number of rotatable bonds is 5. The highest BCUT2D eigenvalue weighted by Gasteiger charge is 2.10. The fourth-order valence-corrected chi connectivity index (χ4v) is 3.45. The maximum atomic E-state index is 13.9. The van der Waals surface area contributed by atoms with Gasteiger partial charge in [-0.2, -0.15) is 0 Å². The van der Waals surface area contributed by atoms with Crippen molar-refractivity contribution in [2.45, 2.75) is 6.42 Å². The van der Waals surface area contributed by atoms with E-state index in [1.165, 1.54) is 23.5 Å². The van der Waals surface area contributed by atoms with Crippen LogP contribution in [0.3, 0.4) is 0 Å². The quantitative estimate of drug-likeness (QED) is 0.688. The fourth-order valence-electron chi connectivity index (χ4n) is 2.38. The number of nitrogens with one attached hydrogen (secondary N) is 1. The maximum absolute atomic E-state index is 13.9. The molecule has 1 heterocycles. The molecule has 2 aromatic carbocycles. The smallest absolute Gasteiger partial charge is 0.230 e. The number of ether oxygens (including phenoxy) is 1. The summed E-state index contributed by atoms with van der Waals surface area (Å²) < 4.78 is 20.8. The molecule has 1 aromatic heterocycles. The first-order valence-corrected chi connectivity index (χ1v) is 9.29. The summed E-state index contributed by atoms with van der Waals surface area (Å²) in [4.78, 5) is 17.2. The zero-order valence-electron chi connectivity index (χ0n) is 14.7. The van der Waals surface area contributed by atoms with E-state index in [1.807, 2.05) is 5.38 Å². The summed E-state index contributed by atoms with van der Waals surface area (Å²) in [5, 5.41) is 4.99. The molecule has 8 heteroatoms. The molecule has 0 aliphatic heterocycles. The van der Waals surface area contributed by atoms with Gasteiger partial charge in [-0.25, -0.2) is 9.38 Å². The third-order valence-electron chi connectivity index (χ3n) is 3.86. The number of hydrogen-bond donors (Lipinski definition) is 1. The lowest BCUT2D eigenvalue weighted by atomic mass is 10.2. The average Bonchev–Trinajstić information content (AvgIpc) is 2.98. The molecule has 3 rings (SSSR count). The monoisotopic (exact) mass is 405 g/mol. The average molecular weight is 406 g/mol. The van der Waals surface area contributed by atoms with Gasteiger partial charge in [-0.15, -0.1) is 11.3 Å². The highest BCUT2D eigenvalue weighted by Crippen LogP contribution is 2.21. The Hall–Kier alpha value is -2.64. The van der Waals surface area contributed by atoms with E-state index in [1.54, 1.807) is 49.1 Å². The Bertz CT molecular complexity index is 1030. The van der Waals surface area contributed by atoms with Gasteiger partial charge in [0.25, 0.3) is 0 Å². The Balaban J connectivity index is 1.74. The molecule has 0 atom stereocenters. The second-order valence-corrected chi connectivity index (χ2v) is 7.00. The van der Waals surface area contributed by atoms with Crippen molar-refractivity contribution in [1.82, 2.24) is 4.57 Å². The molecule has 5 nitrogen and oxygen atoms in total. The topological polar surface area (TPSA) is 55.6 Å². The second kappa shape index (κ2) is 8.37. The van der Waals surface area contributed by atoms with E-state index in [9.17, 15) is 9.18 Å². The van der Waals surface area contributed by atoms with Gasteiger partial charge in [0.15, 0.2) is 4.80 Å². The van der Waals surface area contributed by atoms with Gasteiger partial charge in [0.1, 0.15) is 17.3 Å². The summed E-state index contributed by atoms with van der Waals surface area (Å²) in [6.07, 6.45) is 0.178. The SMILES string of the molecule is COc1ccc(NC(=O)Cc2csc(=Nc3ccc(Cl)cc3F)n2C)cc1. The lowest BCUT2D eigenvalue weighted by molar-refractivity contribution is -0.115. The molecule has 3 aromatic rings. The zero-order valence-corrected chi connectivity index (χ0v) is 16.3. The van der Waals surface area contributed by atoms with E-state index in [2.05, 4.69) is 10.3 Å². The Kier molecular flexibility index (Phi) is 5.93. The second-order valence-electron chi connectivity index (χ2n) is 5.73. The number of halogens is 2. The van der Waals surface area contributed by atoms with Crippen LogP contribution in [0.5, 0.6) is 5.75 Å². The molecule has 0 saturated heterocycles. The normalized spacial score (nSPS) is 11.5. The summed E-state index contributed by atoms with van der Waals surface area (Å²) in [5.74, 6) is 0.0745. The van der Waals surface area contributed by atoms with Gasteiger partial charge in [-0.05, 0) is 42.5 Å². The predicted octanol–water partition coefficient (Wildman–Crippen LogP) is 4.30. The Morgan fingerprint density at radius 1 is 1.30 bits per heavy atom. The molecule has 0 saturated carbocycles. The van der Waals surface area contributed by atoms with Crippen molar-refractivity contribution in [1.29, 1.82) is 0 Å². The van der Waals surface area contributed by atoms with Crippen LogP contribution in [0.15, 0.2) is 52.8 Å². The minimum atomic E-state index is -0.491. The van der Waals surface area contributed by atoms with Crippen LogP contribution in [0.1, 0.15) is 5.69 Å². The first-order valence-electron chi connectivity index (χ1n) is 8.03. The van der Waals surface area contributed by atoms with E-state index in [-0.39, 0.29) is 18.0 Å². The Morgan fingerprint density at radius 3 is 2.70 bits per heavy atom. The number of nitrogens with zero attached hydrogens (tertiary/aromatic N) is 2. The van der Waals surface area contributed by atoms with Crippen LogP contribution in [0.4, 0.5) is 15.8 Å². The fraction of sp³-hybridized carbons (Fsp3) is 0.158. The molecule has 140 valence electrons. The van der Waals surface area contributed by atoms with Crippen molar-refractivity contribution in [2.24, 2.45) is 12.0 Å². The molecular weight excluding hydrogens is 389 g/mol. The number of amides is 1. The minimum absolute atomic E-state index is 0.155. The first kappa shape index (κ1) is 19.1. The molecule has 0 radical (unpaired) electrons. The van der Waals surface area contributed by atoms with Gasteiger partial charge < -0.3 is 14.6 Å². The summed E-state index contributed by atoms with van der Waals surface area (Å²) in [5.41, 5.74) is 1.66. The number of hydrogen-bond acceptors (Lipinski definition) is 4. The number of thiazole rings is 1. The van der Waals surface area contributed by atoms with Crippen LogP contribution in [0.2, 0.25) is 5.02 Å². The van der Waals surface area contributed by atoms with Crippen molar-refractivity contribution < 1.29 is 13.9 Å². The van der Waals surface area contributed by atoms with Gasteiger partial charge in [0.2, 0.25) is 5.91 Å². The molecule has 0 aliphatic rings. The van der Waals surface area contributed by atoms with Crippen molar-refractivity contribution in [2.75, 3.05) is 12.4 Å². The number of carbonyl (C=O) groups excluding carboxylic acids is 1. The lowest BCUT2D eigenvalue weighted by Gasteiger charge is -2.07. The van der Waals surface area contributed by atoms with E-state index < -0.39 is 5.82 Å². The molecule has 0 spiro atoms. The molecule has 1 amide bonds. The summed E-state index contributed by atoms with van der Waals surface area (Å²) in [6.45, 7) is 0. The van der Waals surface area contributed by atoms with Crippen LogP contribution < -0.4 is 14.9 Å². The third-order valence-corrected chi connectivity index (χ3v) is 5.06. The van der Waals surface area contributed by atoms with Crippen molar-refractivity contribution in [3.8, 4) is 5.75 Å². The van der Waals surface area contributed by atoms with Gasteiger partial charge in [0.05, 0.1) is 13.5 Å². The number of aromatic nitrogens is 1. The highest BCUT2D eigenvalue weighted by molar-refractivity contribution is 7.07. The summed E-state index contributed by atoms with van der Waals surface area (Å²) in [6, 6.07) is 11.4. The lowest BCUT2D eigenvalue weighted by Crippen LogP contribution is -2.19. The number of carbonyl (C=O) groups is 1. The van der Waals surface area contributed by atoms with Crippen molar-refractivity contribution in [3.63, 3.8) is 0 Å². The van der Waals surface area contributed by atoms with Crippen LogP contribution in [-0.2, 0) is 18.3 Å². The third kappa shape index (κ3) is 4.75. The molecule has 0 aliphatic carbocycles. The van der Waals surface area contributed by atoms with Crippen molar-refractivity contribution in [3.05, 3.63) is 69.2 Å². The van der Waals surface area contributed by atoms with E-state index in [0.717, 1.165) is 11.4 Å². The minimum Gasteiger partial charge on any atom is -0.497 e. The van der Waals surface area contributed by atoms with Crippen LogP contribution in [-0.4, -0.2) is 17.6 Å². The number of anilines is 1. The van der Waals surface area contributed by atoms with E-state index in [4.69, 9.17) is 16.3 Å².